The maximum Gasteiger partial charge on any atom is 0.140 e. The number of rotatable bonds is 7. The Morgan fingerprint density at radius 2 is 2.00 bits per heavy atom. The lowest BCUT2D eigenvalue weighted by Crippen LogP contribution is -2.13. The van der Waals surface area contributed by atoms with Crippen LogP contribution in [-0.4, -0.2) is 21.8 Å². The largest absolute Gasteiger partial charge is 0.313 e. The zero-order valence-electron chi connectivity index (χ0n) is 10.8. The molecule has 2 rings (SSSR count). The molecule has 0 fully saturated rings. The molecular weight excluding hydrogens is 224 g/mol. The van der Waals surface area contributed by atoms with E-state index in [1.165, 1.54) is 12.0 Å². The van der Waals surface area contributed by atoms with Crippen LogP contribution in [0.25, 0.3) is 0 Å². The van der Waals surface area contributed by atoms with Crippen LogP contribution in [0.15, 0.2) is 36.7 Å². The summed E-state index contributed by atoms with van der Waals surface area (Å²) in [6.07, 6.45) is 5.08. The lowest BCUT2D eigenvalue weighted by atomic mass is 10.1. The molecule has 0 spiro atoms. The summed E-state index contributed by atoms with van der Waals surface area (Å²) < 4.78 is 1.99. The molecule has 96 valence electrons. The molecule has 0 unspecified atom stereocenters. The van der Waals surface area contributed by atoms with E-state index in [0.29, 0.717) is 0 Å². The fourth-order valence-corrected chi connectivity index (χ4v) is 2.01. The van der Waals surface area contributed by atoms with Crippen molar-refractivity contribution in [1.29, 1.82) is 0 Å². The smallest absolute Gasteiger partial charge is 0.140 e. The minimum Gasteiger partial charge on any atom is -0.313 e. The highest BCUT2D eigenvalue weighted by Gasteiger charge is 2.02. The van der Waals surface area contributed by atoms with Gasteiger partial charge in [-0.3, -0.25) is 0 Å². The third kappa shape index (κ3) is 3.67. The first-order valence-corrected chi connectivity index (χ1v) is 6.45. The summed E-state index contributed by atoms with van der Waals surface area (Å²) in [4.78, 5) is 4.23. The molecule has 0 saturated heterocycles. The van der Waals surface area contributed by atoms with Gasteiger partial charge in [-0.2, -0.15) is 5.10 Å². The van der Waals surface area contributed by atoms with E-state index in [0.717, 1.165) is 31.8 Å². The second-order valence-corrected chi connectivity index (χ2v) is 4.37. The summed E-state index contributed by atoms with van der Waals surface area (Å²) >= 11 is 0. The van der Waals surface area contributed by atoms with Gasteiger partial charge in [0, 0.05) is 6.54 Å². The quantitative estimate of drug-likeness (QED) is 0.758. The molecule has 1 aromatic carbocycles. The van der Waals surface area contributed by atoms with Crippen LogP contribution in [0.2, 0.25) is 0 Å². The van der Waals surface area contributed by atoms with Gasteiger partial charge in [-0.15, -0.1) is 0 Å². The fourth-order valence-electron chi connectivity index (χ4n) is 2.01. The molecule has 0 saturated carbocycles. The zero-order valence-corrected chi connectivity index (χ0v) is 10.8. The third-order valence-corrected chi connectivity index (χ3v) is 2.96. The molecule has 1 heterocycles. The summed E-state index contributed by atoms with van der Waals surface area (Å²) in [5.41, 5.74) is 1.41. The van der Waals surface area contributed by atoms with Crippen molar-refractivity contribution >= 4 is 0 Å². The van der Waals surface area contributed by atoms with E-state index in [4.69, 9.17) is 0 Å². The maximum atomic E-state index is 4.24. The number of hydrogen-bond donors (Lipinski definition) is 1. The Bertz CT molecular complexity index is 450. The molecule has 0 radical (unpaired) electrons. The van der Waals surface area contributed by atoms with Crippen molar-refractivity contribution in [3.63, 3.8) is 0 Å². The average Bonchev–Trinajstić information content (AvgIpc) is 2.84. The number of aromatic nitrogens is 3. The Morgan fingerprint density at radius 1 is 1.17 bits per heavy atom. The van der Waals surface area contributed by atoms with Gasteiger partial charge in [-0.25, -0.2) is 9.67 Å². The van der Waals surface area contributed by atoms with E-state index < -0.39 is 0 Å². The molecule has 0 aliphatic rings. The van der Waals surface area contributed by atoms with Gasteiger partial charge in [0.1, 0.15) is 12.2 Å². The monoisotopic (exact) mass is 244 g/mol. The van der Waals surface area contributed by atoms with Crippen LogP contribution >= 0.6 is 0 Å². The van der Waals surface area contributed by atoms with Crippen LogP contribution in [0.3, 0.4) is 0 Å². The Kier molecular flexibility index (Phi) is 4.90. The predicted molar refractivity (Wildman–Crippen MR) is 72.2 cm³/mol. The molecule has 1 aromatic heterocycles. The van der Waals surface area contributed by atoms with Crippen LogP contribution in [-0.2, 0) is 19.5 Å². The highest BCUT2D eigenvalue weighted by molar-refractivity contribution is 5.14. The van der Waals surface area contributed by atoms with Crippen LogP contribution in [0.1, 0.15) is 24.2 Å². The van der Waals surface area contributed by atoms with Gasteiger partial charge in [0.2, 0.25) is 0 Å². The van der Waals surface area contributed by atoms with E-state index in [9.17, 15) is 0 Å². The van der Waals surface area contributed by atoms with Gasteiger partial charge >= 0.3 is 0 Å². The standard InChI is InChI=1S/C14H20N4/c1-15-11-14-16-12-17-18(14)10-6-5-9-13-7-3-2-4-8-13/h2-4,7-8,12,15H,5-6,9-11H2,1H3. The third-order valence-electron chi connectivity index (χ3n) is 2.96. The van der Waals surface area contributed by atoms with Crippen molar-refractivity contribution in [2.45, 2.75) is 32.4 Å². The van der Waals surface area contributed by atoms with E-state index in [2.05, 4.69) is 45.7 Å². The highest BCUT2D eigenvalue weighted by Crippen LogP contribution is 2.06. The molecule has 0 aliphatic heterocycles. The van der Waals surface area contributed by atoms with E-state index >= 15 is 0 Å². The van der Waals surface area contributed by atoms with Crippen LogP contribution in [0.5, 0.6) is 0 Å². The predicted octanol–water partition coefficient (Wildman–Crippen LogP) is 2.02. The van der Waals surface area contributed by atoms with Crippen molar-refractivity contribution in [1.82, 2.24) is 20.1 Å². The highest BCUT2D eigenvalue weighted by atomic mass is 15.3. The minimum atomic E-state index is 0.776. The number of nitrogens with zero attached hydrogens (tertiary/aromatic N) is 3. The van der Waals surface area contributed by atoms with E-state index in [-0.39, 0.29) is 0 Å². The number of nitrogens with one attached hydrogen (secondary N) is 1. The second-order valence-electron chi connectivity index (χ2n) is 4.37. The normalized spacial score (nSPS) is 10.7. The summed E-state index contributed by atoms with van der Waals surface area (Å²) in [7, 11) is 1.93. The molecular formula is C14H20N4. The van der Waals surface area contributed by atoms with E-state index in [1.54, 1.807) is 6.33 Å². The first kappa shape index (κ1) is 12.8. The van der Waals surface area contributed by atoms with Crippen LogP contribution in [0, 0.1) is 0 Å². The van der Waals surface area contributed by atoms with Gasteiger partial charge < -0.3 is 5.32 Å². The first-order valence-electron chi connectivity index (χ1n) is 6.45. The molecule has 18 heavy (non-hydrogen) atoms. The molecule has 0 aliphatic carbocycles. The number of hydrogen-bond acceptors (Lipinski definition) is 3. The van der Waals surface area contributed by atoms with E-state index in [1.807, 2.05) is 11.7 Å². The van der Waals surface area contributed by atoms with Gasteiger partial charge in [0.15, 0.2) is 0 Å². The Hall–Kier alpha value is -1.68. The number of benzene rings is 1. The fraction of sp³-hybridized carbons (Fsp3) is 0.429. The van der Waals surface area contributed by atoms with Gasteiger partial charge in [-0.05, 0) is 31.9 Å². The minimum absolute atomic E-state index is 0.776. The van der Waals surface area contributed by atoms with Gasteiger partial charge in [0.05, 0.1) is 6.54 Å². The second kappa shape index (κ2) is 6.91. The molecule has 4 nitrogen and oxygen atoms in total. The Balaban J connectivity index is 1.73. The number of aryl methyl sites for hydroxylation is 2. The van der Waals surface area contributed by atoms with Crippen molar-refractivity contribution in [3.05, 3.63) is 48.0 Å². The molecule has 2 aromatic rings. The average molecular weight is 244 g/mol. The molecule has 0 bridgehead atoms. The lowest BCUT2D eigenvalue weighted by Gasteiger charge is -2.05. The maximum absolute atomic E-state index is 4.24. The first-order chi connectivity index (χ1) is 8.90. The molecule has 4 heteroatoms. The summed E-state index contributed by atoms with van der Waals surface area (Å²) in [5.74, 6) is 1.01. The summed E-state index contributed by atoms with van der Waals surface area (Å²) in [5, 5.41) is 7.35. The Morgan fingerprint density at radius 3 is 2.78 bits per heavy atom. The Labute approximate surface area is 108 Å². The van der Waals surface area contributed by atoms with Crippen molar-refractivity contribution in [3.8, 4) is 0 Å². The van der Waals surface area contributed by atoms with Gasteiger partial charge in [-0.1, -0.05) is 30.3 Å². The molecule has 0 atom stereocenters. The van der Waals surface area contributed by atoms with Crippen LogP contribution in [0.4, 0.5) is 0 Å². The molecule has 1 N–H and O–H groups in total. The lowest BCUT2D eigenvalue weighted by molar-refractivity contribution is 0.525. The van der Waals surface area contributed by atoms with Crippen molar-refractivity contribution in [2.24, 2.45) is 0 Å². The zero-order chi connectivity index (χ0) is 12.6. The summed E-state index contributed by atoms with van der Waals surface area (Å²) in [6.45, 7) is 1.72. The SMILES string of the molecule is CNCc1ncnn1CCCCc1ccccc1. The van der Waals surface area contributed by atoms with Gasteiger partial charge in [0.25, 0.3) is 0 Å². The number of unbranched alkanes of at least 4 members (excludes halogenated alkanes) is 1. The van der Waals surface area contributed by atoms with Crippen molar-refractivity contribution < 1.29 is 0 Å². The van der Waals surface area contributed by atoms with Crippen LogP contribution < -0.4 is 5.32 Å². The summed E-state index contributed by atoms with van der Waals surface area (Å²) in [6, 6.07) is 10.6. The van der Waals surface area contributed by atoms with Crippen molar-refractivity contribution in [2.75, 3.05) is 7.05 Å². The molecule has 0 amide bonds. The topological polar surface area (TPSA) is 42.7 Å².